The Labute approximate surface area is 187 Å². The predicted octanol–water partition coefficient (Wildman–Crippen LogP) is 3.99. The van der Waals surface area contributed by atoms with Crippen LogP contribution in [0.4, 0.5) is 0 Å². The van der Waals surface area contributed by atoms with Gasteiger partial charge < -0.3 is 20.3 Å². The normalized spacial score (nSPS) is 25.2. The number of halogens is 1. The van der Waals surface area contributed by atoms with Crippen molar-refractivity contribution in [2.75, 3.05) is 27.2 Å². The lowest BCUT2D eigenvalue weighted by Gasteiger charge is -2.47. The van der Waals surface area contributed by atoms with Gasteiger partial charge in [-0.2, -0.15) is 0 Å². The number of para-hydroxylation sites is 1. The summed E-state index contributed by atoms with van der Waals surface area (Å²) in [4.78, 5) is 7.01. The molecule has 2 bridgehead atoms. The first-order valence-electron chi connectivity index (χ1n) is 10.5. The van der Waals surface area contributed by atoms with Gasteiger partial charge in [-0.15, -0.1) is 24.0 Å². The van der Waals surface area contributed by atoms with E-state index < -0.39 is 0 Å². The standard InChI is InChI=1S/C22H36N4O.HI/c1-16(2)20-10-5-6-11-21(20)27-13-12-24-22(23-3)25-17-14-18-8-7-9-19(15-17)26(18)4;/h5-6,10-11,16-19H,7-9,12-15H2,1-4H3,(H2,23,24,25);1H. The molecule has 0 amide bonds. The third-order valence-corrected chi connectivity index (χ3v) is 6.10. The van der Waals surface area contributed by atoms with Crippen LogP contribution in [-0.4, -0.2) is 56.2 Å². The molecule has 2 aliphatic rings. The van der Waals surface area contributed by atoms with Crippen molar-refractivity contribution in [3.63, 3.8) is 0 Å². The number of hydrogen-bond acceptors (Lipinski definition) is 3. The number of aliphatic imine (C=N–C) groups is 1. The fraction of sp³-hybridized carbons (Fsp3) is 0.682. The van der Waals surface area contributed by atoms with Crippen molar-refractivity contribution in [2.45, 2.75) is 70.0 Å². The van der Waals surface area contributed by atoms with Gasteiger partial charge in [0.15, 0.2) is 5.96 Å². The van der Waals surface area contributed by atoms with Gasteiger partial charge in [0, 0.05) is 25.2 Å². The lowest BCUT2D eigenvalue weighted by Crippen LogP contribution is -2.56. The Kier molecular flexibility index (Phi) is 9.34. The molecule has 6 heteroatoms. The second kappa shape index (κ2) is 11.2. The summed E-state index contributed by atoms with van der Waals surface area (Å²) in [5.74, 6) is 2.34. The highest BCUT2D eigenvalue weighted by molar-refractivity contribution is 14.0. The second-order valence-electron chi connectivity index (χ2n) is 8.26. The maximum Gasteiger partial charge on any atom is 0.191 e. The first kappa shape index (κ1) is 23.3. The van der Waals surface area contributed by atoms with E-state index in [0.717, 1.165) is 30.3 Å². The van der Waals surface area contributed by atoms with Gasteiger partial charge in [-0.1, -0.05) is 38.5 Å². The van der Waals surface area contributed by atoms with E-state index in [0.29, 0.717) is 18.6 Å². The van der Waals surface area contributed by atoms with Crippen LogP contribution >= 0.6 is 24.0 Å². The fourth-order valence-electron chi connectivity index (χ4n) is 4.54. The Hall–Kier alpha value is -1.02. The Balaban J connectivity index is 0.00000280. The third-order valence-electron chi connectivity index (χ3n) is 6.10. The molecular formula is C22H37IN4O. The van der Waals surface area contributed by atoms with Crippen LogP contribution in [0.25, 0.3) is 0 Å². The monoisotopic (exact) mass is 500 g/mol. The molecule has 0 aliphatic carbocycles. The van der Waals surface area contributed by atoms with Crippen LogP contribution in [-0.2, 0) is 0 Å². The molecule has 2 fully saturated rings. The van der Waals surface area contributed by atoms with E-state index in [-0.39, 0.29) is 24.0 Å². The summed E-state index contributed by atoms with van der Waals surface area (Å²) in [6.45, 7) is 5.76. The summed E-state index contributed by atoms with van der Waals surface area (Å²) in [6.07, 6.45) is 6.48. The first-order chi connectivity index (χ1) is 13.1. The van der Waals surface area contributed by atoms with E-state index in [1.54, 1.807) is 0 Å². The number of benzene rings is 1. The van der Waals surface area contributed by atoms with Crippen molar-refractivity contribution >= 4 is 29.9 Å². The molecule has 1 aromatic rings. The molecule has 2 aliphatic heterocycles. The molecule has 28 heavy (non-hydrogen) atoms. The van der Waals surface area contributed by atoms with Crippen molar-refractivity contribution in [1.29, 1.82) is 0 Å². The number of guanidine groups is 1. The quantitative estimate of drug-likeness (QED) is 0.269. The molecule has 0 aromatic heterocycles. The molecule has 5 nitrogen and oxygen atoms in total. The first-order valence-corrected chi connectivity index (χ1v) is 10.5. The number of rotatable bonds is 6. The molecule has 158 valence electrons. The summed E-state index contributed by atoms with van der Waals surface area (Å²) in [5, 5.41) is 7.05. The highest BCUT2D eigenvalue weighted by atomic mass is 127. The minimum atomic E-state index is 0. The number of ether oxygens (including phenoxy) is 1. The lowest BCUT2D eigenvalue weighted by molar-refractivity contribution is 0.0526. The largest absolute Gasteiger partial charge is 0.491 e. The number of nitrogens with zero attached hydrogens (tertiary/aromatic N) is 2. The van der Waals surface area contributed by atoms with Crippen molar-refractivity contribution in [1.82, 2.24) is 15.5 Å². The molecule has 2 unspecified atom stereocenters. The Bertz CT molecular complexity index is 623. The second-order valence-corrected chi connectivity index (χ2v) is 8.26. The van der Waals surface area contributed by atoms with Crippen molar-refractivity contribution < 1.29 is 4.74 Å². The number of piperidine rings is 2. The van der Waals surface area contributed by atoms with E-state index in [4.69, 9.17) is 4.74 Å². The Morgan fingerprint density at radius 3 is 2.54 bits per heavy atom. The van der Waals surface area contributed by atoms with Gasteiger partial charge in [-0.05, 0) is 50.3 Å². The molecule has 0 radical (unpaired) electrons. The molecule has 2 N–H and O–H groups in total. The molecule has 0 saturated carbocycles. The van der Waals surface area contributed by atoms with Crippen LogP contribution in [0.2, 0.25) is 0 Å². The zero-order valence-electron chi connectivity index (χ0n) is 17.8. The summed E-state index contributed by atoms with van der Waals surface area (Å²) < 4.78 is 6.01. The highest BCUT2D eigenvalue weighted by Gasteiger charge is 2.36. The predicted molar refractivity (Wildman–Crippen MR) is 128 cm³/mol. The zero-order chi connectivity index (χ0) is 19.2. The minimum absolute atomic E-state index is 0. The van der Waals surface area contributed by atoms with Crippen LogP contribution in [0.15, 0.2) is 29.3 Å². The van der Waals surface area contributed by atoms with Gasteiger partial charge in [-0.3, -0.25) is 4.99 Å². The molecule has 3 rings (SSSR count). The van der Waals surface area contributed by atoms with Crippen LogP contribution in [0.5, 0.6) is 5.75 Å². The molecule has 2 atom stereocenters. The van der Waals surface area contributed by atoms with E-state index in [2.05, 4.69) is 59.6 Å². The Morgan fingerprint density at radius 1 is 1.21 bits per heavy atom. The van der Waals surface area contributed by atoms with Gasteiger partial charge in [0.2, 0.25) is 0 Å². The van der Waals surface area contributed by atoms with Crippen molar-refractivity contribution in [3.8, 4) is 5.75 Å². The average molecular weight is 500 g/mol. The summed E-state index contributed by atoms with van der Waals surface area (Å²) >= 11 is 0. The average Bonchev–Trinajstić information content (AvgIpc) is 2.65. The zero-order valence-corrected chi connectivity index (χ0v) is 20.1. The van der Waals surface area contributed by atoms with Gasteiger partial charge in [-0.25, -0.2) is 0 Å². The van der Waals surface area contributed by atoms with Gasteiger partial charge in [0.05, 0.1) is 6.54 Å². The molecule has 2 heterocycles. The van der Waals surface area contributed by atoms with E-state index in [1.807, 2.05) is 13.1 Å². The fourth-order valence-corrected chi connectivity index (χ4v) is 4.54. The lowest BCUT2D eigenvalue weighted by atomic mass is 9.82. The van der Waals surface area contributed by atoms with E-state index in [9.17, 15) is 0 Å². The molecular weight excluding hydrogens is 463 g/mol. The number of fused-ring (bicyclic) bond motifs is 2. The topological polar surface area (TPSA) is 48.9 Å². The van der Waals surface area contributed by atoms with E-state index >= 15 is 0 Å². The van der Waals surface area contributed by atoms with Crippen molar-refractivity contribution in [3.05, 3.63) is 29.8 Å². The minimum Gasteiger partial charge on any atom is -0.491 e. The van der Waals surface area contributed by atoms with Crippen LogP contribution in [0.1, 0.15) is 57.4 Å². The van der Waals surface area contributed by atoms with Crippen LogP contribution in [0.3, 0.4) is 0 Å². The number of hydrogen-bond donors (Lipinski definition) is 2. The van der Waals surface area contributed by atoms with Crippen molar-refractivity contribution in [2.24, 2.45) is 4.99 Å². The highest BCUT2D eigenvalue weighted by Crippen LogP contribution is 2.32. The smallest absolute Gasteiger partial charge is 0.191 e. The third kappa shape index (κ3) is 5.99. The van der Waals surface area contributed by atoms with Gasteiger partial charge in [0.25, 0.3) is 0 Å². The molecule has 1 aromatic carbocycles. The summed E-state index contributed by atoms with van der Waals surface area (Å²) in [6, 6.07) is 10.3. The number of nitrogens with one attached hydrogen (secondary N) is 2. The molecule has 0 spiro atoms. The van der Waals surface area contributed by atoms with Crippen LogP contribution < -0.4 is 15.4 Å². The maximum absolute atomic E-state index is 6.01. The molecule has 2 saturated heterocycles. The van der Waals surface area contributed by atoms with Gasteiger partial charge >= 0.3 is 0 Å². The summed E-state index contributed by atoms with van der Waals surface area (Å²) in [5.41, 5.74) is 1.26. The van der Waals surface area contributed by atoms with Gasteiger partial charge in [0.1, 0.15) is 12.4 Å². The Morgan fingerprint density at radius 2 is 1.89 bits per heavy atom. The maximum atomic E-state index is 6.01. The summed E-state index contributed by atoms with van der Waals surface area (Å²) in [7, 11) is 4.14. The van der Waals surface area contributed by atoms with E-state index in [1.165, 1.54) is 37.7 Å². The van der Waals surface area contributed by atoms with Crippen LogP contribution in [0, 0.1) is 0 Å². The SMILES string of the molecule is CN=C(NCCOc1ccccc1C(C)C)NC1CC2CCCC(C1)N2C.I.